The van der Waals surface area contributed by atoms with Crippen LogP contribution in [0.25, 0.3) is 0 Å². The predicted octanol–water partition coefficient (Wildman–Crippen LogP) is 3.19. The molecule has 4 nitrogen and oxygen atoms in total. The number of hydrogen-bond acceptors (Lipinski definition) is 2. The van der Waals surface area contributed by atoms with E-state index < -0.39 is 10.2 Å². The van der Waals surface area contributed by atoms with Crippen LogP contribution in [0, 0.1) is 6.92 Å². The second-order valence-corrected chi connectivity index (χ2v) is 8.31. The zero-order valence-corrected chi connectivity index (χ0v) is 15.2. The molecule has 1 aliphatic heterocycles. The lowest BCUT2D eigenvalue weighted by molar-refractivity contribution is 0.336. The summed E-state index contributed by atoms with van der Waals surface area (Å²) in [6.07, 6.45) is 0.735. The highest BCUT2D eigenvalue weighted by atomic mass is 32.2. The van der Waals surface area contributed by atoms with Crippen LogP contribution in [0.3, 0.4) is 0 Å². The van der Waals surface area contributed by atoms with Crippen molar-refractivity contribution in [2.45, 2.75) is 39.3 Å². The topological polar surface area (TPSA) is 49.4 Å². The van der Waals surface area contributed by atoms with Gasteiger partial charge in [0.25, 0.3) is 10.2 Å². The van der Waals surface area contributed by atoms with Crippen molar-refractivity contribution in [2.24, 2.45) is 0 Å². The van der Waals surface area contributed by atoms with Crippen molar-refractivity contribution < 1.29 is 8.42 Å². The lowest BCUT2D eigenvalue weighted by atomic mass is 9.89. The van der Waals surface area contributed by atoms with Crippen LogP contribution in [0.4, 0.5) is 0 Å². The van der Waals surface area contributed by atoms with Gasteiger partial charge < -0.3 is 0 Å². The highest BCUT2D eigenvalue weighted by molar-refractivity contribution is 7.87. The molecular weight excluding hydrogens is 320 g/mol. The molecule has 0 aliphatic carbocycles. The van der Waals surface area contributed by atoms with Crippen molar-refractivity contribution in [2.75, 3.05) is 6.54 Å². The third-order valence-electron chi connectivity index (χ3n) is 4.29. The highest BCUT2D eigenvalue weighted by Gasteiger charge is 2.36. The monoisotopic (exact) mass is 344 g/mol. The van der Waals surface area contributed by atoms with Crippen molar-refractivity contribution in [3.05, 3.63) is 70.8 Å². The zero-order chi connectivity index (χ0) is 17.3. The van der Waals surface area contributed by atoms with Crippen molar-refractivity contribution in [3.8, 4) is 0 Å². The van der Waals surface area contributed by atoms with Gasteiger partial charge in [-0.15, -0.1) is 0 Å². The van der Waals surface area contributed by atoms with Gasteiger partial charge in [-0.1, -0.05) is 54.1 Å². The average molecular weight is 344 g/mol. The molecule has 1 aliphatic rings. The minimum Gasteiger partial charge on any atom is -0.200 e. The molecule has 24 heavy (non-hydrogen) atoms. The Morgan fingerprint density at radius 2 is 1.83 bits per heavy atom. The maximum atomic E-state index is 12.9. The van der Waals surface area contributed by atoms with Gasteiger partial charge in [0.05, 0.1) is 6.04 Å². The van der Waals surface area contributed by atoms with Crippen LogP contribution < -0.4 is 4.72 Å². The van der Waals surface area contributed by atoms with E-state index in [1.807, 2.05) is 44.2 Å². The minimum absolute atomic E-state index is 0.133. The summed E-state index contributed by atoms with van der Waals surface area (Å²) in [5, 5.41) is 0. The van der Waals surface area contributed by atoms with E-state index in [0.717, 1.165) is 17.5 Å². The van der Waals surface area contributed by atoms with E-state index in [2.05, 4.69) is 29.8 Å². The first-order valence-electron chi connectivity index (χ1n) is 8.32. The molecule has 0 fully saturated rings. The number of aryl methyl sites for hydroxylation is 1. The fraction of sp³-hybridized carbons (Fsp3) is 0.368. The smallest absolute Gasteiger partial charge is 0.200 e. The van der Waals surface area contributed by atoms with E-state index >= 15 is 0 Å². The van der Waals surface area contributed by atoms with Crippen LogP contribution in [0.1, 0.15) is 42.1 Å². The standard InChI is InChI=1S/C19H24N2O2S/c1-14(2)20-24(22,23)21-12-11-17-13-15(3)9-10-18(17)19(21)16-7-5-4-6-8-16/h4-10,13-14,19-20H,11-12H2,1-3H3. The van der Waals surface area contributed by atoms with Crippen molar-refractivity contribution >= 4 is 10.2 Å². The van der Waals surface area contributed by atoms with E-state index in [4.69, 9.17) is 0 Å². The quantitative estimate of drug-likeness (QED) is 0.926. The van der Waals surface area contributed by atoms with Crippen LogP contribution in [0.2, 0.25) is 0 Å². The Bertz CT molecular complexity index is 817. The third-order valence-corrected chi connectivity index (χ3v) is 6.07. The Morgan fingerprint density at radius 1 is 1.12 bits per heavy atom. The number of nitrogens with one attached hydrogen (secondary N) is 1. The van der Waals surface area contributed by atoms with Crippen LogP contribution >= 0.6 is 0 Å². The van der Waals surface area contributed by atoms with Gasteiger partial charge in [0.15, 0.2) is 0 Å². The van der Waals surface area contributed by atoms with Gasteiger partial charge in [0, 0.05) is 12.6 Å². The maximum Gasteiger partial charge on any atom is 0.280 e. The first-order valence-corrected chi connectivity index (χ1v) is 9.76. The van der Waals surface area contributed by atoms with Gasteiger partial charge in [-0.3, -0.25) is 0 Å². The van der Waals surface area contributed by atoms with Crippen LogP contribution in [-0.2, 0) is 16.6 Å². The van der Waals surface area contributed by atoms with Gasteiger partial charge >= 0.3 is 0 Å². The summed E-state index contributed by atoms with van der Waals surface area (Å²) in [6, 6.07) is 15.7. The van der Waals surface area contributed by atoms with E-state index in [0.29, 0.717) is 6.54 Å². The van der Waals surface area contributed by atoms with Gasteiger partial charge in [0.1, 0.15) is 0 Å². The summed E-state index contributed by atoms with van der Waals surface area (Å²) >= 11 is 0. The average Bonchev–Trinajstić information content (AvgIpc) is 2.53. The molecule has 2 aromatic rings. The van der Waals surface area contributed by atoms with Gasteiger partial charge in [-0.25, -0.2) is 0 Å². The Hall–Kier alpha value is -1.69. The zero-order valence-electron chi connectivity index (χ0n) is 14.4. The summed E-state index contributed by atoms with van der Waals surface area (Å²) in [7, 11) is -3.55. The molecule has 2 aromatic carbocycles. The molecule has 0 bridgehead atoms. The molecule has 0 amide bonds. The van der Waals surface area contributed by atoms with Crippen molar-refractivity contribution in [1.82, 2.24) is 9.03 Å². The second-order valence-electron chi connectivity index (χ2n) is 6.65. The summed E-state index contributed by atoms with van der Waals surface area (Å²) in [5.74, 6) is 0. The lowest BCUT2D eigenvalue weighted by Crippen LogP contribution is -2.48. The lowest BCUT2D eigenvalue weighted by Gasteiger charge is -2.37. The molecule has 0 saturated carbocycles. The maximum absolute atomic E-state index is 12.9. The first-order chi connectivity index (χ1) is 11.4. The molecule has 0 aromatic heterocycles. The fourth-order valence-electron chi connectivity index (χ4n) is 3.34. The Labute approximate surface area is 144 Å². The summed E-state index contributed by atoms with van der Waals surface area (Å²) in [4.78, 5) is 0. The van der Waals surface area contributed by atoms with E-state index in [1.165, 1.54) is 11.1 Å². The van der Waals surface area contributed by atoms with Crippen LogP contribution in [0.15, 0.2) is 48.5 Å². The minimum atomic E-state index is -3.55. The van der Waals surface area contributed by atoms with Crippen LogP contribution in [-0.4, -0.2) is 25.3 Å². The number of hydrogen-bond donors (Lipinski definition) is 1. The number of rotatable bonds is 4. The SMILES string of the molecule is Cc1ccc2c(c1)CCN(S(=O)(=O)NC(C)C)C2c1ccccc1. The normalized spacial score (nSPS) is 18.6. The molecule has 1 unspecified atom stereocenters. The first kappa shape index (κ1) is 17.1. The Kier molecular flexibility index (Phi) is 4.76. The summed E-state index contributed by atoms with van der Waals surface area (Å²) in [6.45, 7) is 6.24. The second kappa shape index (κ2) is 6.67. The van der Waals surface area contributed by atoms with Gasteiger partial charge in [-0.2, -0.15) is 17.4 Å². The summed E-state index contributed by atoms with van der Waals surface area (Å²) in [5.41, 5.74) is 4.51. The van der Waals surface area contributed by atoms with Crippen molar-refractivity contribution in [3.63, 3.8) is 0 Å². The molecule has 1 N–H and O–H groups in total. The van der Waals surface area contributed by atoms with Crippen molar-refractivity contribution in [1.29, 1.82) is 0 Å². The van der Waals surface area contributed by atoms with E-state index in [1.54, 1.807) is 4.31 Å². The number of nitrogens with zero attached hydrogens (tertiary/aromatic N) is 1. The summed E-state index contributed by atoms with van der Waals surface area (Å²) < 4.78 is 30.1. The molecule has 1 heterocycles. The van der Waals surface area contributed by atoms with E-state index in [9.17, 15) is 8.42 Å². The molecule has 0 saturated heterocycles. The molecule has 1 atom stereocenters. The van der Waals surface area contributed by atoms with E-state index in [-0.39, 0.29) is 12.1 Å². The fourth-order valence-corrected chi connectivity index (χ4v) is 4.91. The number of fused-ring (bicyclic) bond motifs is 1. The molecule has 5 heteroatoms. The molecule has 0 radical (unpaired) electrons. The molecule has 0 spiro atoms. The Morgan fingerprint density at radius 3 is 2.50 bits per heavy atom. The largest absolute Gasteiger partial charge is 0.280 e. The van der Waals surface area contributed by atoms with Crippen LogP contribution in [0.5, 0.6) is 0 Å². The Balaban J connectivity index is 2.12. The van der Waals surface area contributed by atoms with Gasteiger partial charge in [0.2, 0.25) is 0 Å². The predicted molar refractivity (Wildman–Crippen MR) is 97.1 cm³/mol. The molecule has 128 valence electrons. The number of benzene rings is 2. The molecule has 3 rings (SSSR count). The third kappa shape index (κ3) is 3.38. The molecular formula is C19H24N2O2S. The highest BCUT2D eigenvalue weighted by Crippen LogP contribution is 2.36. The van der Waals surface area contributed by atoms with Gasteiger partial charge in [-0.05, 0) is 43.9 Å².